The van der Waals surface area contributed by atoms with Gasteiger partial charge in [-0.2, -0.15) is 5.10 Å². The Morgan fingerprint density at radius 1 is 0.811 bits per heavy atom. The average Bonchev–Trinajstić information content (AvgIpc) is 3.60. The van der Waals surface area contributed by atoms with Gasteiger partial charge in [0.1, 0.15) is 17.3 Å². The van der Waals surface area contributed by atoms with Crippen molar-refractivity contribution in [3.8, 4) is 23.0 Å². The number of aromatic nitrogens is 4. The molecule has 1 unspecified atom stereocenters. The third-order valence-corrected chi connectivity index (χ3v) is 11.2. The molecule has 5 nitrogen and oxygen atoms in total. The van der Waals surface area contributed by atoms with Crippen LogP contribution in [0.15, 0.2) is 90.6 Å². The number of pyridine rings is 1. The largest absolute Gasteiger partial charge is 0.457 e. The molecule has 3 heterocycles. The minimum atomic E-state index is 0.326. The summed E-state index contributed by atoms with van der Waals surface area (Å²) in [4.78, 5) is 4.88. The minimum Gasteiger partial charge on any atom is -0.457 e. The van der Waals surface area contributed by atoms with Crippen LogP contribution in [0.5, 0.6) is 11.5 Å². The van der Waals surface area contributed by atoms with Crippen molar-refractivity contribution in [3.63, 3.8) is 0 Å². The molecule has 3 atom stereocenters. The van der Waals surface area contributed by atoms with E-state index in [-0.39, 0.29) is 0 Å². The monoisotopic (exact) mass is 706 g/mol. The lowest BCUT2D eigenvalue weighted by molar-refractivity contribution is 0.389. The highest BCUT2D eigenvalue weighted by molar-refractivity contribution is 6.09. The van der Waals surface area contributed by atoms with Gasteiger partial charge in [0.15, 0.2) is 0 Å². The van der Waals surface area contributed by atoms with Gasteiger partial charge in [0.2, 0.25) is 0 Å². The van der Waals surface area contributed by atoms with E-state index in [9.17, 15) is 0 Å². The molecule has 5 heteroatoms. The van der Waals surface area contributed by atoms with Crippen molar-refractivity contribution in [3.05, 3.63) is 119 Å². The molecule has 0 N–H and O–H groups in total. The van der Waals surface area contributed by atoms with Crippen LogP contribution < -0.4 is 4.74 Å². The second-order valence-corrected chi connectivity index (χ2v) is 17.0. The van der Waals surface area contributed by atoms with E-state index in [1.807, 2.05) is 6.20 Å². The summed E-state index contributed by atoms with van der Waals surface area (Å²) in [5.74, 6) is 5.64. The van der Waals surface area contributed by atoms with Crippen LogP contribution in [0.2, 0.25) is 0 Å². The van der Waals surface area contributed by atoms with Crippen molar-refractivity contribution in [2.45, 2.75) is 107 Å². The molecule has 0 fully saturated rings. The summed E-state index contributed by atoms with van der Waals surface area (Å²) in [7, 11) is 0. The maximum atomic E-state index is 6.86. The van der Waals surface area contributed by atoms with Gasteiger partial charge in [0.05, 0.1) is 22.4 Å². The lowest BCUT2D eigenvalue weighted by Gasteiger charge is -2.33. The van der Waals surface area contributed by atoms with Crippen LogP contribution in [0, 0.1) is 30.6 Å². The Morgan fingerprint density at radius 2 is 1.58 bits per heavy atom. The lowest BCUT2D eigenvalue weighted by Crippen LogP contribution is -2.21. The molecule has 6 aromatic rings. The number of para-hydroxylation sites is 1. The van der Waals surface area contributed by atoms with Crippen molar-refractivity contribution in [2.75, 3.05) is 0 Å². The minimum absolute atomic E-state index is 0.326. The number of hydrogen-bond donors (Lipinski definition) is 0. The smallest absolute Gasteiger partial charge is 0.137 e. The van der Waals surface area contributed by atoms with Crippen LogP contribution >= 0.6 is 0 Å². The van der Waals surface area contributed by atoms with E-state index in [0.29, 0.717) is 35.5 Å². The van der Waals surface area contributed by atoms with Gasteiger partial charge in [0, 0.05) is 46.3 Å². The highest BCUT2D eigenvalue weighted by atomic mass is 16.5. The first kappa shape index (κ1) is 36.7. The molecule has 7 rings (SSSR count). The van der Waals surface area contributed by atoms with Crippen molar-refractivity contribution in [1.82, 2.24) is 19.3 Å². The average molecular weight is 707 g/mol. The summed E-state index contributed by atoms with van der Waals surface area (Å²) < 4.78 is 11.4. The highest BCUT2D eigenvalue weighted by Gasteiger charge is 2.32. The number of fused-ring (bicyclic) bond motifs is 3. The third-order valence-electron chi connectivity index (χ3n) is 11.2. The molecular weight excluding hydrogens is 649 g/mol. The lowest BCUT2D eigenvalue weighted by atomic mass is 9.72. The van der Waals surface area contributed by atoms with Crippen LogP contribution in [-0.4, -0.2) is 19.3 Å². The molecule has 1 aliphatic carbocycles. The Labute approximate surface area is 317 Å². The van der Waals surface area contributed by atoms with Crippen LogP contribution in [0.4, 0.5) is 0 Å². The van der Waals surface area contributed by atoms with Crippen LogP contribution in [0.3, 0.4) is 0 Å². The summed E-state index contributed by atoms with van der Waals surface area (Å²) in [6.45, 7) is 23.0. The summed E-state index contributed by atoms with van der Waals surface area (Å²) in [6.07, 6.45) is 8.77. The molecule has 1 aliphatic rings. The summed E-state index contributed by atoms with van der Waals surface area (Å²) >= 11 is 0. The van der Waals surface area contributed by atoms with Crippen molar-refractivity contribution in [1.29, 1.82) is 0 Å². The van der Waals surface area contributed by atoms with E-state index < -0.39 is 0 Å². The molecule has 0 amide bonds. The van der Waals surface area contributed by atoms with Crippen molar-refractivity contribution < 1.29 is 4.74 Å². The van der Waals surface area contributed by atoms with E-state index in [1.165, 1.54) is 45.2 Å². The molecule has 276 valence electrons. The molecule has 53 heavy (non-hydrogen) atoms. The number of aryl methyl sites for hydroxylation is 1. The number of rotatable bonds is 11. The topological polar surface area (TPSA) is 44.9 Å². The van der Waals surface area contributed by atoms with E-state index in [4.69, 9.17) is 14.8 Å². The second-order valence-electron chi connectivity index (χ2n) is 17.0. The Bertz CT molecular complexity index is 2280. The number of benzene rings is 3. The molecule has 0 saturated carbocycles. The molecule has 0 aliphatic heterocycles. The Hall–Kier alpha value is -4.64. The quantitative estimate of drug-likeness (QED) is 0.126. The van der Waals surface area contributed by atoms with Crippen molar-refractivity contribution >= 4 is 21.8 Å². The number of ether oxygens (including phenoxy) is 1. The fourth-order valence-corrected chi connectivity index (χ4v) is 8.87. The van der Waals surface area contributed by atoms with Crippen LogP contribution in [0.1, 0.15) is 115 Å². The Balaban J connectivity index is 1.33. The summed E-state index contributed by atoms with van der Waals surface area (Å²) in [5.41, 5.74) is 11.2. The van der Waals surface area contributed by atoms with Gasteiger partial charge < -0.3 is 4.74 Å². The van der Waals surface area contributed by atoms with Crippen molar-refractivity contribution in [2.24, 2.45) is 23.7 Å². The zero-order valence-corrected chi connectivity index (χ0v) is 33.6. The first-order valence-electron chi connectivity index (χ1n) is 20.0. The predicted molar refractivity (Wildman–Crippen MR) is 222 cm³/mol. The van der Waals surface area contributed by atoms with Gasteiger partial charge in [-0.1, -0.05) is 85.2 Å². The fraction of sp³-hybridized carbons (Fsp3) is 0.417. The summed E-state index contributed by atoms with van der Waals surface area (Å²) in [6, 6.07) is 26.2. The molecule has 0 saturated heterocycles. The van der Waals surface area contributed by atoms with Gasteiger partial charge in [-0.3, -0.25) is 4.57 Å². The van der Waals surface area contributed by atoms with Gasteiger partial charge >= 0.3 is 0 Å². The van der Waals surface area contributed by atoms with E-state index in [1.54, 1.807) is 0 Å². The molecule has 3 aromatic carbocycles. The SMILES string of the molecule is CC1=C[C@H](C)CC(C)[C@H]1c1c(C)nn(-c2cc(Oc3ccc4c5ccccc5n(-c5cc(CC(C)C)ccn5)c4c3)cc(C(C)C)c2)c1CCC(C)C. The zero-order chi connectivity index (χ0) is 37.6. The van der Waals surface area contributed by atoms with Gasteiger partial charge in [-0.15, -0.1) is 0 Å². The first-order chi connectivity index (χ1) is 25.4. The van der Waals surface area contributed by atoms with Gasteiger partial charge in [-0.25, -0.2) is 9.67 Å². The maximum absolute atomic E-state index is 6.86. The normalized spacial score (nSPS) is 17.8. The molecule has 0 spiro atoms. The van der Waals surface area contributed by atoms with Gasteiger partial charge in [0.25, 0.3) is 0 Å². The molecule has 0 bridgehead atoms. The molecule has 0 radical (unpaired) electrons. The molecule has 3 aromatic heterocycles. The zero-order valence-electron chi connectivity index (χ0n) is 33.6. The highest BCUT2D eigenvalue weighted by Crippen LogP contribution is 2.44. The van der Waals surface area contributed by atoms with Gasteiger partial charge in [-0.05, 0) is 123 Å². The third kappa shape index (κ3) is 7.45. The van der Waals surface area contributed by atoms with E-state index in [2.05, 4.69) is 157 Å². The fourth-order valence-electron chi connectivity index (χ4n) is 8.87. The number of hydrogen-bond acceptors (Lipinski definition) is 3. The van der Waals surface area contributed by atoms with Crippen LogP contribution in [0.25, 0.3) is 33.3 Å². The van der Waals surface area contributed by atoms with E-state index in [0.717, 1.165) is 59.0 Å². The van der Waals surface area contributed by atoms with E-state index >= 15 is 0 Å². The predicted octanol–water partition coefficient (Wildman–Crippen LogP) is 13.1. The second kappa shape index (κ2) is 15.0. The Morgan fingerprint density at radius 3 is 2.32 bits per heavy atom. The Kier molecular flexibility index (Phi) is 10.4. The number of allylic oxidation sites excluding steroid dienone is 2. The molecular formula is C48H58N4O. The number of nitrogens with zero attached hydrogens (tertiary/aromatic N) is 4. The van der Waals surface area contributed by atoms with Crippen LogP contribution in [-0.2, 0) is 12.8 Å². The standard InChI is InChI=1S/C48H58N4O/c1-29(2)15-18-44-48(47-33(8)22-32(7)23-34(47)9)35(10)50-52(44)38-25-37(31(5)6)26-40(27-38)53-39-16-17-42-41-13-11-12-14-43(41)51(45(42)28-39)46-24-36(19-20-49-46)21-30(3)4/h11-14,16-17,19-20,22,24-32,34,47H,15,18,21,23H2,1-10H3/t32-,34?,47-/m0/s1. The first-order valence-corrected chi connectivity index (χ1v) is 20.0. The summed E-state index contributed by atoms with van der Waals surface area (Å²) in [5, 5.41) is 7.72. The maximum Gasteiger partial charge on any atom is 0.137 e.